The van der Waals surface area contributed by atoms with Crippen LogP contribution in [0.2, 0.25) is 0 Å². The van der Waals surface area contributed by atoms with E-state index in [9.17, 15) is 9.59 Å². The molecule has 168 valence electrons. The van der Waals surface area contributed by atoms with Gasteiger partial charge in [-0.25, -0.2) is 9.48 Å². The quantitative estimate of drug-likeness (QED) is 0.434. The molecule has 0 radical (unpaired) electrons. The number of hydrogen-bond acceptors (Lipinski definition) is 5. The van der Waals surface area contributed by atoms with Gasteiger partial charge in [0.2, 0.25) is 5.91 Å². The van der Waals surface area contributed by atoms with Gasteiger partial charge in [0.25, 0.3) is 0 Å². The van der Waals surface area contributed by atoms with E-state index in [2.05, 4.69) is 10.6 Å². The lowest BCUT2D eigenvalue weighted by Crippen LogP contribution is -2.43. The minimum Gasteiger partial charge on any atom is -0.467 e. The van der Waals surface area contributed by atoms with Crippen molar-refractivity contribution in [2.45, 2.75) is 13.1 Å². The second kappa shape index (κ2) is 10.4. The maximum Gasteiger partial charge on any atom is 0.321 e. The molecule has 0 bridgehead atoms. The number of likely N-dealkylation sites (N-methyl/N-ethyl adjacent to an activating group) is 1. The number of aromatic nitrogens is 2. The summed E-state index contributed by atoms with van der Waals surface area (Å²) in [5, 5.41) is 9.73. The topological polar surface area (TPSA) is 92.4 Å². The number of amides is 3. The fourth-order valence-electron chi connectivity index (χ4n) is 3.46. The van der Waals surface area contributed by atoms with Crippen molar-refractivity contribution in [2.24, 2.45) is 0 Å². The Hall–Kier alpha value is -4.17. The number of nitrogens with zero attached hydrogens (tertiary/aromatic N) is 3. The summed E-state index contributed by atoms with van der Waals surface area (Å²) in [5.74, 6) is 0.213. The average Bonchev–Trinajstić information content (AvgIpc) is 3.49. The molecule has 2 heterocycles. The number of rotatable bonds is 8. The molecule has 0 unspecified atom stereocenters. The molecule has 4 aromatic rings. The van der Waals surface area contributed by atoms with Crippen molar-refractivity contribution < 1.29 is 14.0 Å². The molecule has 0 spiro atoms. The van der Waals surface area contributed by atoms with Crippen LogP contribution >= 0.6 is 0 Å². The van der Waals surface area contributed by atoms with Crippen LogP contribution < -0.4 is 10.6 Å². The molecule has 2 N–H and O–H groups in total. The average molecular weight is 444 g/mol. The fourth-order valence-corrected chi connectivity index (χ4v) is 3.46. The van der Waals surface area contributed by atoms with Crippen molar-refractivity contribution in [3.8, 4) is 16.9 Å². The summed E-state index contributed by atoms with van der Waals surface area (Å²) in [6.45, 7) is 0.748. The van der Waals surface area contributed by atoms with E-state index in [0.717, 1.165) is 22.5 Å². The Morgan fingerprint density at radius 1 is 1.00 bits per heavy atom. The highest BCUT2D eigenvalue weighted by molar-refractivity contribution is 5.95. The highest BCUT2D eigenvalue weighted by atomic mass is 16.3. The number of carbonyl (C=O) groups excluding carboxylic acids is 2. The van der Waals surface area contributed by atoms with Crippen LogP contribution in [0.4, 0.5) is 4.79 Å². The number of benzene rings is 2. The first kappa shape index (κ1) is 22.0. The zero-order valence-electron chi connectivity index (χ0n) is 18.3. The third-order valence-electron chi connectivity index (χ3n) is 4.97. The minimum atomic E-state index is -0.563. The number of imide groups is 1. The molecular weight excluding hydrogens is 418 g/mol. The van der Waals surface area contributed by atoms with Gasteiger partial charge >= 0.3 is 6.03 Å². The second-order valence-corrected chi connectivity index (χ2v) is 7.63. The lowest BCUT2D eigenvalue weighted by atomic mass is 10.1. The van der Waals surface area contributed by atoms with E-state index in [4.69, 9.17) is 9.52 Å². The number of nitrogens with one attached hydrogen (secondary N) is 2. The van der Waals surface area contributed by atoms with Gasteiger partial charge in [0.15, 0.2) is 0 Å². The Morgan fingerprint density at radius 3 is 2.42 bits per heavy atom. The predicted octanol–water partition coefficient (Wildman–Crippen LogP) is 3.59. The predicted molar refractivity (Wildman–Crippen MR) is 124 cm³/mol. The lowest BCUT2D eigenvalue weighted by Gasteiger charge is -2.16. The van der Waals surface area contributed by atoms with E-state index in [0.29, 0.717) is 12.3 Å². The molecule has 3 amide bonds. The van der Waals surface area contributed by atoms with E-state index in [1.54, 1.807) is 12.1 Å². The molecule has 0 saturated heterocycles. The first-order chi connectivity index (χ1) is 16.1. The van der Waals surface area contributed by atoms with Gasteiger partial charge < -0.3 is 9.73 Å². The van der Waals surface area contributed by atoms with E-state index in [1.165, 1.54) is 6.26 Å². The first-order valence-electron chi connectivity index (χ1n) is 10.6. The van der Waals surface area contributed by atoms with Gasteiger partial charge in [-0.05, 0) is 31.3 Å². The number of para-hydroxylation sites is 1. The summed E-state index contributed by atoms with van der Waals surface area (Å²) in [6.07, 6.45) is 3.50. The van der Waals surface area contributed by atoms with E-state index >= 15 is 0 Å². The number of furan rings is 1. The van der Waals surface area contributed by atoms with Gasteiger partial charge in [-0.3, -0.25) is 15.0 Å². The Bertz CT molecular complexity index is 1190. The van der Waals surface area contributed by atoms with Gasteiger partial charge in [0.1, 0.15) is 5.76 Å². The zero-order valence-corrected chi connectivity index (χ0v) is 18.3. The Kier molecular flexibility index (Phi) is 6.96. The van der Waals surface area contributed by atoms with Crippen molar-refractivity contribution in [1.29, 1.82) is 0 Å². The molecule has 0 fully saturated rings. The van der Waals surface area contributed by atoms with Crippen molar-refractivity contribution in [3.05, 3.63) is 96.6 Å². The number of urea groups is 1. The smallest absolute Gasteiger partial charge is 0.321 e. The standard InChI is InChI=1S/C25H25N5O3/c1-29(18-23(31)27-25(32)26-15-22-13-8-14-33-22)16-20-17-30(21-11-6-3-7-12-21)28-24(20)19-9-4-2-5-10-19/h2-14,17H,15-16,18H2,1H3,(H2,26,27,31,32). The lowest BCUT2D eigenvalue weighted by molar-refractivity contribution is -0.121. The van der Waals surface area contributed by atoms with Gasteiger partial charge in [-0.2, -0.15) is 5.10 Å². The molecule has 0 aliphatic carbocycles. The second-order valence-electron chi connectivity index (χ2n) is 7.63. The maximum atomic E-state index is 12.3. The third kappa shape index (κ3) is 5.96. The van der Waals surface area contributed by atoms with Crippen LogP contribution in [0.3, 0.4) is 0 Å². The Labute approximate surface area is 191 Å². The fraction of sp³-hybridized carbons (Fsp3) is 0.160. The molecule has 2 aromatic heterocycles. The van der Waals surface area contributed by atoms with Crippen LogP contribution in [0.5, 0.6) is 0 Å². The summed E-state index contributed by atoms with van der Waals surface area (Å²) in [7, 11) is 1.83. The van der Waals surface area contributed by atoms with Crippen molar-refractivity contribution in [2.75, 3.05) is 13.6 Å². The molecule has 4 rings (SSSR count). The Morgan fingerprint density at radius 2 is 1.73 bits per heavy atom. The van der Waals surface area contributed by atoms with Crippen molar-refractivity contribution >= 4 is 11.9 Å². The molecule has 8 heteroatoms. The number of carbonyl (C=O) groups is 2. The van der Waals surface area contributed by atoms with Crippen LogP contribution in [0.15, 0.2) is 89.7 Å². The number of hydrogen-bond donors (Lipinski definition) is 2. The largest absolute Gasteiger partial charge is 0.467 e. The van der Waals surface area contributed by atoms with Crippen molar-refractivity contribution in [1.82, 2.24) is 25.3 Å². The summed E-state index contributed by atoms with van der Waals surface area (Å²) in [5.41, 5.74) is 3.78. The summed E-state index contributed by atoms with van der Waals surface area (Å²) >= 11 is 0. The van der Waals surface area contributed by atoms with Crippen LogP contribution in [0, 0.1) is 0 Å². The van der Waals surface area contributed by atoms with E-state index in [1.807, 2.05) is 83.5 Å². The van der Waals surface area contributed by atoms with Crippen LogP contribution in [0.25, 0.3) is 16.9 Å². The van der Waals surface area contributed by atoms with Crippen LogP contribution in [0.1, 0.15) is 11.3 Å². The van der Waals surface area contributed by atoms with E-state index in [-0.39, 0.29) is 13.1 Å². The first-order valence-corrected chi connectivity index (χ1v) is 10.6. The highest BCUT2D eigenvalue weighted by Crippen LogP contribution is 2.24. The zero-order chi connectivity index (χ0) is 23.0. The molecule has 0 aliphatic rings. The van der Waals surface area contributed by atoms with E-state index < -0.39 is 11.9 Å². The monoisotopic (exact) mass is 443 g/mol. The molecule has 0 saturated carbocycles. The van der Waals surface area contributed by atoms with Gasteiger partial charge in [0.05, 0.1) is 30.7 Å². The normalized spacial score (nSPS) is 10.8. The summed E-state index contributed by atoms with van der Waals surface area (Å²) < 4.78 is 7.00. The molecule has 0 aliphatic heterocycles. The van der Waals surface area contributed by atoms with Gasteiger partial charge in [0, 0.05) is 23.9 Å². The SMILES string of the molecule is CN(CC(=O)NC(=O)NCc1ccco1)Cc1cn(-c2ccccc2)nc1-c1ccccc1. The van der Waals surface area contributed by atoms with Crippen molar-refractivity contribution in [3.63, 3.8) is 0 Å². The maximum absolute atomic E-state index is 12.3. The molecule has 8 nitrogen and oxygen atoms in total. The summed E-state index contributed by atoms with van der Waals surface area (Å²) in [4.78, 5) is 26.2. The third-order valence-corrected chi connectivity index (χ3v) is 4.97. The highest BCUT2D eigenvalue weighted by Gasteiger charge is 2.16. The Balaban J connectivity index is 1.41. The molecule has 2 aromatic carbocycles. The molecule has 33 heavy (non-hydrogen) atoms. The van der Waals surface area contributed by atoms with Gasteiger partial charge in [-0.15, -0.1) is 0 Å². The van der Waals surface area contributed by atoms with Gasteiger partial charge in [-0.1, -0.05) is 48.5 Å². The van der Waals surface area contributed by atoms with Crippen LogP contribution in [-0.4, -0.2) is 40.2 Å². The summed E-state index contributed by atoms with van der Waals surface area (Å²) in [6, 6.07) is 22.7. The molecule has 0 atom stereocenters. The van der Waals surface area contributed by atoms with Crippen LogP contribution in [-0.2, 0) is 17.9 Å². The molecular formula is C25H25N5O3. The minimum absolute atomic E-state index is 0.0545.